The van der Waals surface area contributed by atoms with Gasteiger partial charge in [-0.05, 0) is 55.3 Å². The van der Waals surface area contributed by atoms with Crippen molar-refractivity contribution in [1.29, 1.82) is 0 Å². The van der Waals surface area contributed by atoms with E-state index in [1.807, 2.05) is 61.2 Å². The van der Waals surface area contributed by atoms with Crippen molar-refractivity contribution in [3.8, 4) is 0 Å². The van der Waals surface area contributed by atoms with Gasteiger partial charge in [0, 0.05) is 30.0 Å². The molecule has 1 saturated heterocycles. The SMILES string of the molecule is Cc1cccc(C(=O)Nc2ccc(N3CCNC(=O)C3)cc2)c1C. The van der Waals surface area contributed by atoms with Crippen molar-refractivity contribution in [2.75, 3.05) is 29.9 Å². The number of anilines is 2. The largest absolute Gasteiger partial charge is 0.360 e. The number of amides is 2. The van der Waals surface area contributed by atoms with Crippen LogP contribution in [0.5, 0.6) is 0 Å². The molecule has 0 radical (unpaired) electrons. The number of carbonyl (C=O) groups is 2. The fourth-order valence-electron chi connectivity index (χ4n) is 2.81. The monoisotopic (exact) mass is 323 g/mol. The van der Waals surface area contributed by atoms with Crippen LogP contribution in [-0.2, 0) is 4.79 Å². The van der Waals surface area contributed by atoms with Crippen LogP contribution >= 0.6 is 0 Å². The summed E-state index contributed by atoms with van der Waals surface area (Å²) in [6.07, 6.45) is 0. The predicted octanol–water partition coefficient (Wildman–Crippen LogP) is 2.49. The van der Waals surface area contributed by atoms with Gasteiger partial charge in [0.25, 0.3) is 5.91 Å². The lowest BCUT2D eigenvalue weighted by Gasteiger charge is -2.28. The normalized spacial score (nSPS) is 14.2. The van der Waals surface area contributed by atoms with Gasteiger partial charge in [-0.25, -0.2) is 0 Å². The molecule has 1 heterocycles. The smallest absolute Gasteiger partial charge is 0.255 e. The zero-order chi connectivity index (χ0) is 17.1. The summed E-state index contributed by atoms with van der Waals surface area (Å²) in [6.45, 7) is 5.77. The Morgan fingerprint density at radius 2 is 1.88 bits per heavy atom. The van der Waals surface area contributed by atoms with E-state index < -0.39 is 0 Å². The average molecular weight is 323 g/mol. The topological polar surface area (TPSA) is 61.4 Å². The van der Waals surface area contributed by atoms with Crippen molar-refractivity contribution in [2.24, 2.45) is 0 Å². The highest BCUT2D eigenvalue weighted by atomic mass is 16.2. The number of rotatable bonds is 3. The molecule has 2 aromatic carbocycles. The van der Waals surface area contributed by atoms with Crippen LogP contribution in [-0.4, -0.2) is 31.4 Å². The van der Waals surface area contributed by atoms with Crippen molar-refractivity contribution in [1.82, 2.24) is 5.32 Å². The van der Waals surface area contributed by atoms with Crippen LogP contribution < -0.4 is 15.5 Å². The summed E-state index contributed by atoms with van der Waals surface area (Å²) >= 11 is 0. The van der Waals surface area contributed by atoms with Gasteiger partial charge in [-0.15, -0.1) is 0 Å². The second-order valence-corrected chi connectivity index (χ2v) is 6.02. The number of hydrogen-bond acceptors (Lipinski definition) is 3. The minimum absolute atomic E-state index is 0.0357. The Morgan fingerprint density at radius 1 is 1.12 bits per heavy atom. The molecule has 1 fully saturated rings. The van der Waals surface area contributed by atoms with E-state index >= 15 is 0 Å². The van der Waals surface area contributed by atoms with Crippen LogP contribution in [0, 0.1) is 13.8 Å². The molecule has 1 aliphatic rings. The van der Waals surface area contributed by atoms with Crippen LogP contribution in [0.4, 0.5) is 11.4 Å². The van der Waals surface area contributed by atoms with E-state index in [9.17, 15) is 9.59 Å². The first-order chi connectivity index (χ1) is 11.5. The minimum atomic E-state index is -0.110. The lowest BCUT2D eigenvalue weighted by Crippen LogP contribution is -2.47. The van der Waals surface area contributed by atoms with Crippen molar-refractivity contribution in [2.45, 2.75) is 13.8 Å². The lowest BCUT2D eigenvalue weighted by atomic mass is 10.0. The second-order valence-electron chi connectivity index (χ2n) is 6.02. The predicted molar refractivity (Wildman–Crippen MR) is 95.5 cm³/mol. The zero-order valence-electron chi connectivity index (χ0n) is 13.9. The molecule has 5 nitrogen and oxygen atoms in total. The summed E-state index contributed by atoms with van der Waals surface area (Å²) in [5, 5.41) is 5.74. The first-order valence-electron chi connectivity index (χ1n) is 8.04. The van der Waals surface area contributed by atoms with Crippen LogP contribution in [0.25, 0.3) is 0 Å². The first kappa shape index (κ1) is 16.1. The molecule has 2 amide bonds. The van der Waals surface area contributed by atoms with Gasteiger partial charge in [-0.1, -0.05) is 12.1 Å². The standard InChI is InChI=1S/C19H21N3O2/c1-13-4-3-5-17(14(13)2)19(24)21-15-6-8-16(9-7-15)22-11-10-20-18(23)12-22/h3-9H,10-12H2,1-2H3,(H,20,23)(H,21,24). The molecule has 124 valence electrons. The van der Waals surface area contributed by atoms with E-state index in [0.717, 1.165) is 29.0 Å². The third kappa shape index (κ3) is 3.40. The van der Waals surface area contributed by atoms with Crippen molar-refractivity contribution >= 4 is 23.2 Å². The van der Waals surface area contributed by atoms with E-state index in [2.05, 4.69) is 10.6 Å². The molecule has 0 atom stereocenters. The molecule has 2 aromatic rings. The molecule has 3 rings (SSSR count). The van der Waals surface area contributed by atoms with E-state index in [4.69, 9.17) is 0 Å². The van der Waals surface area contributed by atoms with Crippen LogP contribution in [0.2, 0.25) is 0 Å². The lowest BCUT2D eigenvalue weighted by molar-refractivity contribution is -0.120. The maximum Gasteiger partial charge on any atom is 0.255 e. The maximum absolute atomic E-state index is 12.4. The van der Waals surface area contributed by atoms with Gasteiger partial charge >= 0.3 is 0 Å². The van der Waals surface area contributed by atoms with Crippen LogP contribution in [0.1, 0.15) is 21.5 Å². The molecule has 1 aliphatic heterocycles. The first-order valence-corrected chi connectivity index (χ1v) is 8.04. The van der Waals surface area contributed by atoms with Crippen LogP contribution in [0.15, 0.2) is 42.5 Å². The molecule has 5 heteroatoms. The third-order valence-corrected chi connectivity index (χ3v) is 4.38. The van der Waals surface area contributed by atoms with E-state index in [1.54, 1.807) is 0 Å². The highest BCUT2D eigenvalue weighted by molar-refractivity contribution is 6.05. The Labute approximate surface area is 141 Å². The van der Waals surface area contributed by atoms with Gasteiger partial charge in [0.15, 0.2) is 0 Å². The minimum Gasteiger partial charge on any atom is -0.360 e. The Bertz CT molecular complexity index is 769. The van der Waals surface area contributed by atoms with Crippen molar-refractivity contribution in [3.63, 3.8) is 0 Å². The molecular weight excluding hydrogens is 302 g/mol. The number of benzene rings is 2. The highest BCUT2D eigenvalue weighted by Crippen LogP contribution is 2.20. The summed E-state index contributed by atoms with van der Waals surface area (Å²) in [4.78, 5) is 25.9. The third-order valence-electron chi connectivity index (χ3n) is 4.38. The fraction of sp³-hybridized carbons (Fsp3) is 0.263. The number of nitrogens with one attached hydrogen (secondary N) is 2. The Hall–Kier alpha value is -2.82. The Balaban J connectivity index is 1.71. The van der Waals surface area contributed by atoms with E-state index in [-0.39, 0.29) is 11.8 Å². The van der Waals surface area contributed by atoms with Gasteiger partial charge in [-0.2, -0.15) is 0 Å². The number of piperazine rings is 1. The quantitative estimate of drug-likeness (QED) is 0.912. The molecule has 24 heavy (non-hydrogen) atoms. The molecule has 0 bridgehead atoms. The van der Waals surface area contributed by atoms with Gasteiger partial charge in [0.2, 0.25) is 5.91 Å². The molecule has 0 aromatic heterocycles. The zero-order valence-corrected chi connectivity index (χ0v) is 13.9. The summed E-state index contributed by atoms with van der Waals surface area (Å²) < 4.78 is 0. The number of carbonyl (C=O) groups excluding carboxylic acids is 2. The van der Waals surface area contributed by atoms with E-state index in [0.29, 0.717) is 18.7 Å². The molecule has 0 unspecified atom stereocenters. The molecule has 2 N–H and O–H groups in total. The number of nitrogens with zero attached hydrogens (tertiary/aromatic N) is 1. The maximum atomic E-state index is 12.4. The van der Waals surface area contributed by atoms with Crippen molar-refractivity contribution in [3.05, 3.63) is 59.2 Å². The molecular formula is C19H21N3O2. The van der Waals surface area contributed by atoms with Gasteiger partial charge in [0.05, 0.1) is 6.54 Å². The molecule has 0 spiro atoms. The Morgan fingerprint density at radius 3 is 2.58 bits per heavy atom. The fourth-order valence-corrected chi connectivity index (χ4v) is 2.81. The average Bonchev–Trinajstić information content (AvgIpc) is 2.58. The number of aryl methyl sites for hydroxylation is 1. The van der Waals surface area contributed by atoms with Gasteiger partial charge in [-0.3, -0.25) is 9.59 Å². The molecule has 0 aliphatic carbocycles. The molecule has 0 saturated carbocycles. The van der Waals surface area contributed by atoms with E-state index in [1.165, 1.54) is 0 Å². The summed E-state index contributed by atoms with van der Waals surface area (Å²) in [5.74, 6) is -0.0742. The van der Waals surface area contributed by atoms with Gasteiger partial charge < -0.3 is 15.5 Å². The van der Waals surface area contributed by atoms with Crippen molar-refractivity contribution < 1.29 is 9.59 Å². The summed E-state index contributed by atoms with van der Waals surface area (Å²) in [7, 11) is 0. The second kappa shape index (κ2) is 6.74. The summed E-state index contributed by atoms with van der Waals surface area (Å²) in [6, 6.07) is 13.3. The Kier molecular flexibility index (Phi) is 4.51. The highest BCUT2D eigenvalue weighted by Gasteiger charge is 2.16. The summed E-state index contributed by atoms with van der Waals surface area (Å²) in [5.41, 5.74) is 4.50. The number of hydrogen-bond donors (Lipinski definition) is 2. The van der Waals surface area contributed by atoms with Gasteiger partial charge in [0.1, 0.15) is 0 Å². The van der Waals surface area contributed by atoms with Crippen LogP contribution in [0.3, 0.4) is 0 Å².